The molecule has 1 aromatic rings. The number of sulfonamides is 2. The maximum Gasteiger partial charge on any atom is 0.242 e. The van der Waals surface area contributed by atoms with Crippen LogP contribution in [0.25, 0.3) is 0 Å². The highest BCUT2D eigenvalue weighted by Gasteiger charge is 2.29. The molecule has 1 atom stereocenters. The minimum absolute atomic E-state index is 0.172. The largest absolute Gasteiger partial charge is 0.492 e. The van der Waals surface area contributed by atoms with E-state index in [0.717, 1.165) is 10.6 Å². The summed E-state index contributed by atoms with van der Waals surface area (Å²) in [4.78, 5) is 12.4. The summed E-state index contributed by atoms with van der Waals surface area (Å²) in [5.41, 5.74) is 0. The van der Waals surface area contributed by atoms with Gasteiger partial charge in [0, 0.05) is 27.2 Å². The number of hydrogen-bond donors (Lipinski definition) is 1. The van der Waals surface area contributed by atoms with Crippen LogP contribution in [0.3, 0.4) is 0 Å². The summed E-state index contributed by atoms with van der Waals surface area (Å²) in [7, 11) is -3.85. The van der Waals surface area contributed by atoms with Crippen molar-refractivity contribution in [1.82, 2.24) is 13.9 Å². The van der Waals surface area contributed by atoms with Gasteiger partial charge in [-0.1, -0.05) is 0 Å². The number of rotatable bonds is 8. The molecule has 1 aromatic carbocycles. The van der Waals surface area contributed by atoms with Crippen LogP contribution in [-0.2, 0) is 24.8 Å². The first-order valence-electron chi connectivity index (χ1n) is 8.90. The molecular formula is C17H27N3O6S2. The molecule has 0 radical (unpaired) electrons. The van der Waals surface area contributed by atoms with Gasteiger partial charge in [0.05, 0.1) is 23.6 Å². The SMILES string of the molecule is CN(C)S(=O)(=O)c1ccc(OCCNC(=O)[C@@H]2CCCN(S(C)(=O)=O)C2)cc1. The molecule has 0 aromatic heterocycles. The zero-order valence-corrected chi connectivity index (χ0v) is 17.9. The lowest BCUT2D eigenvalue weighted by atomic mass is 9.99. The molecule has 11 heteroatoms. The monoisotopic (exact) mass is 433 g/mol. The molecule has 1 heterocycles. The fraction of sp³-hybridized carbons (Fsp3) is 0.588. The zero-order chi connectivity index (χ0) is 20.9. The molecule has 158 valence electrons. The Hall–Kier alpha value is -1.69. The summed E-state index contributed by atoms with van der Waals surface area (Å²) in [6, 6.07) is 6.04. The van der Waals surface area contributed by atoms with Crippen molar-refractivity contribution in [2.75, 3.05) is 46.6 Å². The standard InChI is InChI=1S/C17H27N3O6S2/c1-19(2)28(24,25)16-8-6-15(7-9-16)26-12-10-18-17(21)14-5-4-11-20(13-14)27(3,22)23/h6-9,14H,4-5,10-13H2,1-3H3,(H,18,21)/t14-/m1/s1. The summed E-state index contributed by atoms with van der Waals surface area (Å²) in [6.07, 6.45) is 2.46. The zero-order valence-electron chi connectivity index (χ0n) is 16.3. The minimum Gasteiger partial charge on any atom is -0.492 e. The summed E-state index contributed by atoms with van der Waals surface area (Å²) in [5.74, 6) is -0.0590. The number of amides is 1. The van der Waals surface area contributed by atoms with Gasteiger partial charge in [-0.2, -0.15) is 0 Å². The molecule has 0 unspecified atom stereocenters. The van der Waals surface area contributed by atoms with Crippen LogP contribution in [0, 0.1) is 5.92 Å². The van der Waals surface area contributed by atoms with Crippen molar-refractivity contribution in [1.29, 1.82) is 0 Å². The van der Waals surface area contributed by atoms with Crippen LogP contribution in [0.15, 0.2) is 29.2 Å². The molecule has 1 aliphatic heterocycles. The van der Waals surface area contributed by atoms with E-state index >= 15 is 0 Å². The molecule has 0 spiro atoms. The van der Waals surface area contributed by atoms with E-state index in [0.29, 0.717) is 25.1 Å². The van der Waals surface area contributed by atoms with Gasteiger partial charge in [0.2, 0.25) is 26.0 Å². The van der Waals surface area contributed by atoms with Crippen molar-refractivity contribution in [3.05, 3.63) is 24.3 Å². The second-order valence-electron chi connectivity index (χ2n) is 6.86. The Morgan fingerprint density at radius 1 is 1.21 bits per heavy atom. The number of hydrogen-bond acceptors (Lipinski definition) is 6. The Morgan fingerprint density at radius 2 is 1.86 bits per heavy atom. The van der Waals surface area contributed by atoms with Crippen LogP contribution in [0.5, 0.6) is 5.75 Å². The Balaban J connectivity index is 1.79. The smallest absolute Gasteiger partial charge is 0.242 e. The van der Waals surface area contributed by atoms with Crippen LogP contribution in [0.2, 0.25) is 0 Å². The lowest BCUT2D eigenvalue weighted by Gasteiger charge is -2.30. The third-order valence-corrected chi connectivity index (χ3v) is 7.60. The van der Waals surface area contributed by atoms with Gasteiger partial charge in [-0.25, -0.2) is 25.4 Å². The maximum atomic E-state index is 12.2. The van der Waals surface area contributed by atoms with Crippen LogP contribution < -0.4 is 10.1 Å². The van der Waals surface area contributed by atoms with Gasteiger partial charge in [-0.05, 0) is 37.1 Å². The first-order valence-corrected chi connectivity index (χ1v) is 12.2. The first kappa shape index (κ1) is 22.6. The summed E-state index contributed by atoms with van der Waals surface area (Å²) >= 11 is 0. The van der Waals surface area contributed by atoms with Gasteiger partial charge < -0.3 is 10.1 Å². The second kappa shape index (κ2) is 9.21. The van der Waals surface area contributed by atoms with Crippen molar-refractivity contribution in [3.8, 4) is 5.75 Å². The quantitative estimate of drug-likeness (QED) is 0.582. The van der Waals surface area contributed by atoms with Crippen molar-refractivity contribution in [3.63, 3.8) is 0 Å². The average Bonchev–Trinajstić information content (AvgIpc) is 2.64. The van der Waals surface area contributed by atoms with Gasteiger partial charge in [0.25, 0.3) is 0 Å². The van der Waals surface area contributed by atoms with Crippen molar-refractivity contribution < 1.29 is 26.4 Å². The van der Waals surface area contributed by atoms with Crippen molar-refractivity contribution in [2.24, 2.45) is 5.92 Å². The number of nitrogens with zero attached hydrogens (tertiary/aromatic N) is 2. The van der Waals surface area contributed by atoms with Crippen molar-refractivity contribution in [2.45, 2.75) is 17.7 Å². The number of carbonyl (C=O) groups is 1. The molecule has 0 bridgehead atoms. The first-order chi connectivity index (χ1) is 13.0. The van der Waals surface area contributed by atoms with Crippen molar-refractivity contribution >= 4 is 26.0 Å². The van der Waals surface area contributed by atoms with E-state index in [9.17, 15) is 21.6 Å². The molecule has 1 fully saturated rings. The number of carbonyl (C=O) groups excluding carboxylic acids is 1. The van der Waals surface area contributed by atoms with E-state index in [2.05, 4.69) is 5.32 Å². The topological polar surface area (TPSA) is 113 Å². The maximum absolute atomic E-state index is 12.2. The van der Waals surface area contributed by atoms with Gasteiger partial charge in [0.15, 0.2) is 0 Å². The molecule has 2 rings (SSSR count). The highest BCUT2D eigenvalue weighted by Crippen LogP contribution is 2.19. The Morgan fingerprint density at radius 3 is 2.43 bits per heavy atom. The van der Waals surface area contributed by atoms with E-state index in [1.807, 2.05) is 0 Å². The summed E-state index contributed by atoms with van der Waals surface area (Å²) in [5, 5.41) is 2.76. The fourth-order valence-corrected chi connectivity index (χ4v) is 4.68. The minimum atomic E-state index is -3.48. The third-order valence-electron chi connectivity index (χ3n) is 4.50. The molecule has 0 aliphatic carbocycles. The lowest BCUT2D eigenvalue weighted by Crippen LogP contribution is -2.45. The molecule has 1 N–H and O–H groups in total. The Bertz CT molecular complexity index is 882. The molecule has 1 aliphatic rings. The van der Waals surface area contributed by atoms with E-state index in [1.54, 1.807) is 12.1 Å². The lowest BCUT2D eigenvalue weighted by molar-refractivity contribution is -0.126. The number of benzene rings is 1. The molecular weight excluding hydrogens is 406 g/mol. The number of piperidine rings is 1. The Labute approximate surface area is 166 Å². The fourth-order valence-electron chi connectivity index (χ4n) is 2.86. The molecule has 1 saturated heterocycles. The highest BCUT2D eigenvalue weighted by molar-refractivity contribution is 7.89. The van der Waals surface area contributed by atoms with Gasteiger partial charge in [-0.3, -0.25) is 4.79 Å². The molecule has 28 heavy (non-hydrogen) atoms. The molecule has 9 nitrogen and oxygen atoms in total. The Kier molecular flexibility index (Phi) is 7.43. The van der Waals surface area contributed by atoms with Gasteiger partial charge in [-0.15, -0.1) is 0 Å². The van der Waals surface area contributed by atoms with E-state index in [4.69, 9.17) is 4.74 Å². The van der Waals surface area contributed by atoms with Crippen LogP contribution in [0.1, 0.15) is 12.8 Å². The van der Waals surface area contributed by atoms with E-state index in [-0.39, 0.29) is 36.4 Å². The molecule has 1 amide bonds. The van der Waals surface area contributed by atoms with Crippen LogP contribution in [-0.4, -0.2) is 77.9 Å². The van der Waals surface area contributed by atoms with Crippen LogP contribution >= 0.6 is 0 Å². The predicted molar refractivity (Wildman–Crippen MR) is 105 cm³/mol. The summed E-state index contributed by atoms with van der Waals surface area (Å²) < 4.78 is 55.3. The average molecular weight is 434 g/mol. The second-order valence-corrected chi connectivity index (χ2v) is 11.0. The van der Waals surface area contributed by atoms with E-state index < -0.39 is 20.0 Å². The van der Waals surface area contributed by atoms with Crippen LogP contribution in [0.4, 0.5) is 0 Å². The van der Waals surface area contributed by atoms with E-state index in [1.165, 1.54) is 30.5 Å². The van der Waals surface area contributed by atoms with Gasteiger partial charge in [0.1, 0.15) is 12.4 Å². The predicted octanol–water partition coefficient (Wildman–Crippen LogP) is 0.104. The highest BCUT2D eigenvalue weighted by atomic mass is 32.2. The normalized spacial score (nSPS) is 18.8. The number of ether oxygens (including phenoxy) is 1. The molecule has 0 saturated carbocycles. The third kappa shape index (κ3) is 5.90. The summed E-state index contributed by atoms with van der Waals surface area (Å²) in [6.45, 7) is 1.14. The van der Waals surface area contributed by atoms with Gasteiger partial charge >= 0.3 is 0 Å². The number of nitrogens with one attached hydrogen (secondary N) is 1.